The summed E-state index contributed by atoms with van der Waals surface area (Å²) in [5.74, 6) is 1.23. The molecule has 0 atom stereocenters. The van der Waals surface area contributed by atoms with E-state index in [-0.39, 0.29) is 0 Å². The summed E-state index contributed by atoms with van der Waals surface area (Å²) in [5, 5.41) is 8.50. The number of nitrogens with zero attached hydrogens (tertiary/aromatic N) is 2. The van der Waals surface area contributed by atoms with Crippen LogP contribution in [0.1, 0.15) is 25.5 Å². The maximum atomic E-state index is 5.53. The zero-order valence-electron chi connectivity index (χ0n) is 12.2. The molecule has 0 bridgehead atoms. The molecular weight excluding hydrogens is 252 g/mol. The summed E-state index contributed by atoms with van der Waals surface area (Å²) in [6.07, 6.45) is 0. The van der Waals surface area contributed by atoms with Gasteiger partial charge in [-0.1, -0.05) is 13.8 Å². The van der Waals surface area contributed by atoms with Crippen molar-refractivity contribution >= 4 is 0 Å². The Morgan fingerprint density at radius 3 is 2.25 bits per heavy atom. The number of benzene rings is 1. The van der Waals surface area contributed by atoms with Gasteiger partial charge in [0.15, 0.2) is 0 Å². The fraction of sp³-hybridized carbons (Fsp3) is 0.375. The van der Waals surface area contributed by atoms with Crippen LogP contribution in [0.15, 0.2) is 36.4 Å². The predicted octanol–water partition coefficient (Wildman–Crippen LogP) is 3.29. The van der Waals surface area contributed by atoms with Gasteiger partial charge in [0, 0.05) is 12.7 Å². The first-order valence-corrected chi connectivity index (χ1v) is 6.76. The molecule has 2 rings (SSSR count). The van der Waals surface area contributed by atoms with Crippen molar-refractivity contribution in [1.29, 1.82) is 0 Å². The number of aromatic nitrogens is 2. The lowest BCUT2D eigenvalue weighted by Crippen LogP contribution is -2.04. The molecule has 1 aromatic heterocycles. The first kappa shape index (κ1) is 14.5. The SMILES string of the molecule is COCCOc1ccc(-c2ccc(C(C)C)nn2)cc1. The molecule has 0 fully saturated rings. The van der Waals surface area contributed by atoms with E-state index in [0.717, 1.165) is 22.7 Å². The zero-order chi connectivity index (χ0) is 14.4. The number of methoxy groups -OCH3 is 1. The highest BCUT2D eigenvalue weighted by Crippen LogP contribution is 2.21. The van der Waals surface area contributed by atoms with Crippen LogP contribution in [-0.4, -0.2) is 30.5 Å². The summed E-state index contributed by atoms with van der Waals surface area (Å²) in [7, 11) is 1.66. The van der Waals surface area contributed by atoms with Crippen molar-refractivity contribution in [3.63, 3.8) is 0 Å². The van der Waals surface area contributed by atoms with Crippen LogP contribution in [0.2, 0.25) is 0 Å². The molecule has 0 radical (unpaired) electrons. The summed E-state index contributed by atoms with van der Waals surface area (Å²) in [6.45, 7) is 5.36. The number of rotatable bonds is 6. The van der Waals surface area contributed by atoms with Crippen molar-refractivity contribution in [2.24, 2.45) is 0 Å². The van der Waals surface area contributed by atoms with Gasteiger partial charge in [0.2, 0.25) is 0 Å². The Balaban J connectivity index is 2.05. The highest BCUT2D eigenvalue weighted by atomic mass is 16.5. The van der Waals surface area contributed by atoms with E-state index < -0.39 is 0 Å². The lowest BCUT2D eigenvalue weighted by atomic mass is 10.1. The minimum Gasteiger partial charge on any atom is -0.491 e. The number of ether oxygens (including phenoxy) is 2. The molecule has 1 heterocycles. The van der Waals surface area contributed by atoms with Gasteiger partial charge in [-0.3, -0.25) is 0 Å². The Morgan fingerprint density at radius 2 is 1.70 bits per heavy atom. The average Bonchev–Trinajstić information content (AvgIpc) is 2.48. The van der Waals surface area contributed by atoms with Gasteiger partial charge in [0.1, 0.15) is 12.4 Å². The third kappa shape index (κ3) is 3.78. The van der Waals surface area contributed by atoms with Crippen molar-refractivity contribution < 1.29 is 9.47 Å². The zero-order valence-corrected chi connectivity index (χ0v) is 12.2. The fourth-order valence-corrected chi connectivity index (χ4v) is 1.77. The van der Waals surface area contributed by atoms with Gasteiger partial charge in [-0.05, 0) is 42.3 Å². The molecule has 4 nitrogen and oxygen atoms in total. The van der Waals surface area contributed by atoms with E-state index in [1.165, 1.54) is 0 Å². The standard InChI is InChI=1S/C16H20N2O2/c1-12(2)15-8-9-16(18-17-15)13-4-6-14(7-5-13)20-11-10-19-3/h4-9,12H,10-11H2,1-3H3. The first-order valence-electron chi connectivity index (χ1n) is 6.76. The van der Waals surface area contributed by atoms with Crippen molar-refractivity contribution in [3.05, 3.63) is 42.1 Å². The normalized spacial score (nSPS) is 10.8. The highest BCUT2D eigenvalue weighted by molar-refractivity contribution is 5.59. The molecule has 20 heavy (non-hydrogen) atoms. The number of hydrogen-bond acceptors (Lipinski definition) is 4. The van der Waals surface area contributed by atoms with Crippen LogP contribution in [0.25, 0.3) is 11.3 Å². The van der Waals surface area contributed by atoms with Crippen molar-refractivity contribution in [3.8, 4) is 17.0 Å². The van der Waals surface area contributed by atoms with Crippen LogP contribution < -0.4 is 4.74 Å². The fourth-order valence-electron chi connectivity index (χ4n) is 1.77. The van der Waals surface area contributed by atoms with Gasteiger partial charge in [0.25, 0.3) is 0 Å². The van der Waals surface area contributed by atoms with E-state index in [9.17, 15) is 0 Å². The third-order valence-electron chi connectivity index (χ3n) is 2.98. The van der Waals surface area contributed by atoms with Crippen LogP contribution in [0.4, 0.5) is 0 Å². The summed E-state index contributed by atoms with van der Waals surface area (Å²) in [6, 6.07) is 11.9. The molecule has 4 heteroatoms. The van der Waals surface area contributed by atoms with E-state index in [1.807, 2.05) is 36.4 Å². The van der Waals surface area contributed by atoms with Gasteiger partial charge in [-0.15, -0.1) is 0 Å². The van der Waals surface area contributed by atoms with Crippen LogP contribution in [-0.2, 0) is 4.74 Å². The largest absolute Gasteiger partial charge is 0.491 e. The lowest BCUT2D eigenvalue weighted by molar-refractivity contribution is 0.146. The van der Waals surface area contributed by atoms with Crippen LogP contribution >= 0.6 is 0 Å². The maximum absolute atomic E-state index is 5.53. The molecule has 0 aliphatic heterocycles. The van der Waals surface area contributed by atoms with E-state index in [2.05, 4.69) is 24.0 Å². The Morgan fingerprint density at radius 1 is 0.950 bits per heavy atom. The molecule has 0 aliphatic rings. The first-order chi connectivity index (χ1) is 9.70. The molecule has 0 saturated heterocycles. The Bertz CT molecular complexity index is 521. The molecule has 106 valence electrons. The topological polar surface area (TPSA) is 44.2 Å². The van der Waals surface area contributed by atoms with Crippen molar-refractivity contribution in [2.75, 3.05) is 20.3 Å². The minimum absolute atomic E-state index is 0.396. The molecule has 0 unspecified atom stereocenters. The van der Waals surface area contributed by atoms with Crippen LogP contribution in [0.5, 0.6) is 5.75 Å². The summed E-state index contributed by atoms with van der Waals surface area (Å²) in [5.41, 5.74) is 2.91. The molecule has 0 saturated carbocycles. The molecule has 0 amide bonds. The second-order valence-corrected chi connectivity index (χ2v) is 4.86. The van der Waals surface area contributed by atoms with Crippen LogP contribution in [0, 0.1) is 0 Å². The van der Waals surface area contributed by atoms with Crippen molar-refractivity contribution in [1.82, 2.24) is 10.2 Å². The number of hydrogen-bond donors (Lipinski definition) is 0. The van der Waals surface area contributed by atoms with E-state index >= 15 is 0 Å². The molecule has 0 N–H and O–H groups in total. The van der Waals surface area contributed by atoms with E-state index in [0.29, 0.717) is 19.1 Å². The average molecular weight is 272 g/mol. The molecule has 0 aliphatic carbocycles. The van der Waals surface area contributed by atoms with Crippen LogP contribution in [0.3, 0.4) is 0 Å². The molecular formula is C16H20N2O2. The molecule has 0 spiro atoms. The van der Waals surface area contributed by atoms with E-state index in [1.54, 1.807) is 7.11 Å². The Labute approximate surface area is 119 Å². The smallest absolute Gasteiger partial charge is 0.119 e. The maximum Gasteiger partial charge on any atom is 0.119 e. The summed E-state index contributed by atoms with van der Waals surface area (Å²) < 4.78 is 10.5. The van der Waals surface area contributed by atoms with Gasteiger partial charge in [-0.25, -0.2) is 0 Å². The third-order valence-corrected chi connectivity index (χ3v) is 2.98. The molecule has 2 aromatic rings. The van der Waals surface area contributed by atoms with Gasteiger partial charge in [0.05, 0.1) is 18.0 Å². The predicted molar refractivity (Wildman–Crippen MR) is 78.9 cm³/mol. The van der Waals surface area contributed by atoms with Gasteiger partial charge >= 0.3 is 0 Å². The van der Waals surface area contributed by atoms with Crippen molar-refractivity contribution in [2.45, 2.75) is 19.8 Å². The monoisotopic (exact) mass is 272 g/mol. The van der Waals surface area contributed by atoms with Gasteiger partial charge in [-0.2, -0.15) is 10.2 Å². The second-order valence-electron chi connectivity index (χ2n) is 4.86. The lowest BCUT2D eigenvalue weighted by Gasteiger charge is -2.07. The minimum atomic E-state index is 0.396. The second kappa shape index (κ2) is 7.01. The van der Waals surface area contributed by atoms with Gasteiger partial charge < -0.3 is 9.47 Å². The highest BCUT2D eigenvalue weighted by Gasteiger charge is 2.04. The Kier molecular flexibility index (Phi) is 5.07. The van der Waals surface area contributed by atoms with E-state index in [4.69, 9.17) is 9.47 Å². The molecule has 1 aromatic carbocycles. The Hall–Kier alpha value is -1.94. The summed E-state index contributed by atoms with van der Waals surface area (Å²) in [4.78, 5) is 0. The quantitative estimate of drug-likeness (QED) is 0.757. The summed E-state index contributed by atoms with van der Waals surface area (Å²) >= 11 is 0.